The Kier molecular flexibility index (Phi) is 4.72. The Hall–Kier alpha value is -2.86. The number of likely N-dealkylation sites (tertiary alicyclic amines) is 1. The Morgan fingerprint density at radius 2 is 1.93 bits per heavy atom. The first kappa shape index (κ1) is 18.2. The van der Waals surface area contributed by atoms with E-state index in [9.17, 15) is 4.79 Å². The summed E-state index contributed by atoms with van der Waals surface area (Å²) in [5.74, 6) is 1.67. The summed E-state index contributed by atoms with van der Waals surface area (Å²) in [5, 5.41) is 0. The van der Waals surface area contributed by atoms with E-state index in [1.54, 1.807) is 16.7 Å². The number of rotatable bonds is 3. The van der Waals surface area contributed by atoms with E-state index < -0.39 is 0 Å². The standard InChI is InChI=1S/C23H25N3O3/c1-16-7-9-26-22(12-16)24-18(14-23(26)27)15-25-8-2-4-19(25)17-5-6-20-21(13-17)29-11-3-10-28-20/h5-7,9,12-14,19H,2-4,8,10-11,15H2,1H3/t19-/m0/s1. The molecule has 0 N–H and O–H groups in total. The van der Waals surface area contributed by atoms with E-state index in [-0.39, 0.29) is 5.56 Å². The lowest BCUT2D eigenvalue weighted by Crippen LogP contribution is -2.25. The molecule has 2 aliphatic rings. The van der Waals surface area contributed by atoms with Crippen LogP contribution in [0.2, 0.25) is 0 Å². The fraction of sp³-hybridized carbons (Fsp3) is 0.391. The van der Waals surface area contributed by atoms with Gasteiger partial charge in [-0.1, -0.05) is 6.07 Å². The number of aromatic nitrogens is 2. The molecule has 150 valence electrons. The third-order valence-electron chi connectivity index (χ3n) is 5.76. The molecule has 2 aromatic heterocycles. The third kappa shape index (κ3) is 3.60. The zero-order chi connectivity index (χ0) is 19.8. The molecule has 0 bridgehead atoms. The van der Waals surface area contributed by atoms with Crippen molar-refractivity contribution in [2.75, 3.05) is 19.8 Å². The highest BCUT2D eigenvalue weighted by Crippen LogP contribution is 2.38. The Morgan fingerprint density at radius 1 is 1.07 bits per heavy atom. The van der Waals surface area contributed by atoms with Gasteiger partial charge >= 0.3 is 0 Å². The molecule has 4 heterocycles. The van der Waals surface area contributed by atoms with Crippen molar-refractivity contribution in [3.8, 4) is 11.5 Å². The molecule has 0 amide bonds. The van der Waals surface area contributed by atoms with Crippen molar-refractivity contribution in [2.45, 2.75) is 38.8 Å². The van der Waals surface area contributed by atoms with Gasteiger partial charge in [-0.15, -0.1) is 0 Å². The van der Waals surface area contributed by atoms with Crippen molar-refractivity contribution in [1.29, 1.82) is 0 Å². The summed E-state index contributed by atoms with van der Waals surface area (Å²) in [5.41, 5.74) is 3.83. The van der Waals surface area contributed by atoms with Gasteiger partial charge in [0, 0.05) is 31.3 Å². The van der Waals surface area contributed by atoms with Crippen molar-refractivity contribution in [2.24, 2.45) is 0 Å². The second-order valence-electron chi connectivity index (χ2n) is 7.90. The van der Waals surface area contributed by atoms with Crippen molar-refractivity contribution in [1.82, 2.24) is 14.3 Å². The van der Waals surface area contributed by atoms with Crippen LogP contribution in [0, 0.1) is 6.92 Å². The quantitative estimate of drug-likeness (QED) is 0.684. The minimum atomic E-state index is -0.0312. The van der Waals surface area contributed by atoms with Gasteiger partial charge in [0.15, 0.2) is 11.5 Å². The SMILES string of the molecule is Cc1ccn2c(=O)cc(CN3CCC[C@H]3c3ccc4c(c3)OCCCO4)nc2c1. The lowest BCUT2D eigenvalue weighted by Gasteiger charge is -2.25. The Bertz CT molecular complexity index is 1110. The van der Waals surface area contributed by atoms with Crippen LogP contribution in [0.15, 0.2) is 47.4 Å². The van der Waals surface area contributed by atoms with Gasteiger partial charge < -0.3 is 9.47 Å². The van der Waals surface area contributed by atoms with E-state index in [1.807, 2.05) is 25.1 Å². The summed E-state index contributed by atoms with van der Waals surface area (Å²) in [6.07, 6.45) is 4.92. The van der Waals surface area contributed by atoms with E-state index in [2.05, 4.69) is 17.0 Å². The van der Waals surface area contributed by atoms with E-state index in [4.69, 9.17) is 14.5 Å². The largest absolute Gasteiger partial charge is 0.490 e. The van der Waals surface area contributed by atoms with E-state index in [1.165, 1.54) is 5.56 Å². The maximum atomic E-state index is 12.5. The van der Waals surface area contributed by atoms with Crippen LogP contribution in [-0.2, 0) is 6.54 Å². The molecule has 1 saturated heterocycles. The first-order valence-corrected chi connectivity index (χ1v) is 10.3. The van der Waals surface area contributed by atoms with Gasteiger partial charge in [0.05, 0.1) is 18.9 Å². The summed E-state index contributed by atoms with van der Waals surface area (Å²) >= 11 is 0. The monoisotopic (exact) mass is 391 g/mol. The predicted octanol–water partition coefficient (Wildman–Crippen LogP) is 3.50. The number of nitrogens with zero attached hydrogens (tertiary/aromatic N) is 3. The number of aryl methyl sites for hydroxylation is 1. The minimum Gasteiger partial charge on any atom is -0.490 e. The maximum absolute atomic E-state index is 12.5. The van der Waals surface area contributed by atoms with Gasteiger partial charge in [-0.25, -0.2) is 4.98 Å². The van der Waals surface area contributed by atoms with Gasteiger partial charge in [-0.2, -0.15) is 0 Å². The normalized spacial score (nSPS) is 19.4. The number of hydrogen-bond acceptors (Lipinski definition) is 5. The van der Waals surface area contributed by atoms with E-state index >= 15 is 0 Å². The smallest absolute Gasteiger partial charge is 0.258 e. The number of pyridine rings is 1. The van der Waals surface area contributed by atoms with Gasteiger partial charge in [0.25, 0.3) is 5.56 Å². The van der Waals surface area contributed by atoms with E-state index in [0.29, 0.717) is 31.4 Å². The first-order chi connectivity index (χ1) is 14.2. The Balaban J connectivity index is 1.42. The number of ether oxygens (including phenoxy) is 2. The molecule has 1 aromatic carbocycles. The molecule has 0 saturated carbocycles. The van der Waals surface area contributed by atoms with Crippen LogP contribution in [0.1, 0.15) is 42.1 Å². The zero-order valence-electron chi connectivity index (χ0n) is 16.6. The maximum Gasteiger partial charge on any atom is 0.258 e. The van der Waals surface area contributed by atoms with Crippen LogP contribution in [0.5, 0.6) is 11.5 Å². The van der Waals surface area contributed by atoms with Crippen LogP contribution < -0.4 is 15.0 Å². The predicted molar refractivity (Wildman–Crippen MR) is 111 cm³/mol. The van der Waals surface area contributed by atoms with Crippen molar-refractivity contribution in [3.63, 3.8) is 0 Å². The summed E-state index contributed by atoms with van der Waals surface area (Å²) in [7, 11) is 0. The molecule has 1 fully saturated rings. The van der Waals surface area contributed by atoms with Crippen LogP contribution in [-0.4, -0.2) is 34.0 Å². The van der Waals surface area contributed by atoms with Crippen molar-refractivity contribution >= 4 is 5.65 Å². The highest BCUT2D eigenvalue weighted by molar-refractivity contribution is 5.45. The molecule has 3 aromatic rings. The van der Waals surface area contributed by atoms with Crippen LogP contribution in [0.4, 0.5) is 0 Å². The molecular weight excluding hydrogens is 366 g/mol. The summed E-state index contributed by atoms with van der Waals surface area (Å²) in [4.78, 5) is 19.7. The van der Waals surface area contributed by atoms with Crippen LogP contribution in [0.25, 0.3) is 5.65 Å². The highest BCUT2D eigenvalue weighted by Gasteiger charge is 2.27. The molecule has 0 spiro atoms. The molecule has 0 radical (unpaired) electrons. The molecule has 0 aliphatic carbocycles. The number of fused-ring (bicyclic) bond motifs is 2. The molecular formula is C23H25N3O3. The van der Waals surface area contributed by atoms with Gasteiger partial charge in [-0.3, -0.25) is 14.1 Å². The highest BCUT2D eigenvalue weighted by atomic mass is 16.5. The summed E-state index contributed by atoms with van der Waals surface area (Å²) in [6, 6.07) is 12.1. The molecule has 6 nitrogen and oxygen atoms in total. The molecule has 1 atom stereocenters. The number of hydrogen-bond donors (Lipinski definition) is 0. The van der Waals surface area contributed by atoms with Gasteiger partial charge in [0.1, 0.15) is 5.65 Å². The number of benzene rings is 1. The average Bonchev–Trinajstić information content (AvgIpc) is 3.03. The Labute approximate surface area is 169 Å². The second kappa shape index (κ2) is 7.52. The topological polar surface area (TPSA) is 56.1 Å². The van der Waals surface area contributed by atoms with Crippen molar-refractivity contribution in [3.05, 3.63) is 69.8 Å². The fourth-order valence-electron chi connectivity index (χ4n) is 4.32. The Morgan fingerprint density at radius 3 is 2.83 bits per heavy atom. The lowest BCUT2D eigenvalue weighted by molar-refractivity contribution is 0.244. The first-order valence-electron chi connectivity index (χ1n) is 10.3. The van der Waals surface area contributed by atoms with Crippen LogP contribution >= 0.6 is 0 Å². The zero-order valence-corrected chi connectivity index (χ0v) is 16.6. The lowest BCUT2D eigenvalue weighted by atomic mass is 10.0. The summed E-state index contributed by atoms with van der Waals surface area (Å²) < 4.78 is 13.2. The second-order valence-corrected chi connectivity index (χ2v) is 7.90. The minimum absolute atomic E-state index is 0.0312. The molecule has 5 rings (SSSR count). The average molecular weight is 391 g/mol. The molecule has 0 unspecified atom stereocenters. The molecule has 6 heteroatoms. The molecule has 2 aliphatic heterocycles. The van der Waals surface area contributed by atoms with Crippen LogP contribution in [0.3, 0.4) is 0 Å². The van der Waals surface area contributed by atoms with Crippen molar-refractivity contribution < 1.29 is 9.47 Å². The van der Waals surface area contributed by atoms with Gasteiger partial charge in [0.2, 0.25) is 0 Å². The third-order valence-corrected chi connectivity index (χ3v) is 5.76. The fourth-order valence-corrected chi connectivity index (χ4v) is 4.32. The molecule has 29 heavy (non-hydrogen) atoms. The van der Waals surface area contributed by atoms with Gasteiger partial charge in [-0.05, 0) is 61.7 Å². The van der Waals surface area contributed by atoms with E-state index in [0.717, 1.165) is 48.6 Å². The summed E-state index contributed by atoms with van der Waals surface area (Å²) in [6.45, 7) is 5.06.